The van der Waals surface area contributed by atoms with Crippen molar-refractivity contribution in [3.05, 3.63) is 80.6 Å². The number of aryl methyl sites for hydroxylation is 1. The molecule has 1 aromatic carbocycles. The minimum atomic E-state index is -0.239. The molecule has 5 rings (SSSR count). The molecule has 9 heteroatoms. The lowest BCUT2D eigenvalue weighted by atomic mass is 10.2. The van der Waals surface area contributed by atoms with E-state index in [2.05, 4.69) is 5.32 Å². The summed E-state index contributed by atoms with van der Waals surface area (Å²) in [6.45, 7) is 3.60. The number of hydrogen-bond donors (Lipinski definition) is 1. The minimum absolute atomic E-state index is 0.0778. The maximum atomic E-state index is 13.5. The fourth-order valence-corrected chi connectivity index (χ4v) is 5.36. The smallest absolute Gasteiger partial charge is 0.267 e. The molecule has 3 aromatic rings. The summed E-state index contributed by atoms with van der Waals surface area (Å²) < 4.78 is 7.71. The number of thioether (sulfide) groups is 1. The molecule has 34 heavy (non-hydrogen) atoms. The highest BCUT2D eigenvalue weighted by Gasteiger charge is 2.32. The first-order valence-electron chi connectivity index (χ1n) is 11.2. The SMILES string of the molecule is Cc1cccn2c(=O)c(/C=C3\SC(=S)N(Cc4ccccc4)C3=O)c(NCC3CCCO3)nc12. The molecule has 1 atom stereocenters. The van der Waals surface area contributed by atoms with Gasteiger partial charge >= 0.3 is 0 Å². The number of benzene rings is 1. The predicted molar refractivity (Wildman–Crippen MR) is 139 cm³/mol. The molecule has 2 fully saturated rings. The predicted octanol–water partition coefficient (Wildman–Crippen LogP) is 4.00. The lowest BCUT2D eigenvalue weighted by Gasteiger charge is -2.15. The topological polar surface area (TPSA) is 75.9 Å². The number of amides is 1. The standard InChI is InChI=1S/C25H24N4O3S2/c1-16-7-5-11-28-22(16)27-21(26-14-18-10-6-12-32-18)19(23(28)30)13-20-24(31)29(25(33)34-20)15-17-8-3-2-4-9-17/h2-5,7-9,11,13,18,26H,6,10,12,14-15H2,1H3/b20-13-. The van der Waals surface area contributed by atoms with Crippen molar-refractivity contribution in [1.82, 2.24) is 14.3 Å². The quantitative estimate of drug-likeness (QED) is 0.412. The van der Waals surface area contributed by atoms with Crippen LogP contribution in [0.5, 0.6) is 0 Å². The van der Waals surface area contributed by atoms with Crippen LogP contribution in [0, 0.1) is 6.92 Å². The maximum absolute atomic E-state index is 13.5. The van der Waals surface area contributed by atoms with E-state index < -0.39 is 0 Å². The number of thiocarbonyl (C=S) groups is 1. The monoisotopic (exact) mass is 492 g/mol. The normalized spacial score (nSPS) is 19.5. The van der Waals surface area contributed by atoms with Crippen LogP contribution in [0.25, 0.3) is 11.7 Å². The third kappa shape index (κ3) is 4.51. The summed E-state index contributed by atoms with van der Waals surface area (Å²) in [6, 6.07) is 13.4. The van der Waals surface area contributed by atoms with E-state index in [1.165, 1.54) is 16.2 Å². The van der Waals surface area contributed by atoms with Gasteiger partial charge in [0.05, 0.1) is 23.1 Å². The molecule has 0 aliphatic carbocycles. The number of hydrogen-bond acceptors (Lipinski definition) is 7. The molecule has 2 aliphatic heterocycles. The molecule has 1 amide bonds. The number of fused-ring (bicyclic) bond motifs is 1. The van der Waals surface area contributed by atoms with Gasteiger partial charge in [-0.15, -0.1) is 0 Å². The highest BCUT2D eigenvalue weighted by Crippen LogP contribution is 2.34. The number of carbonyl (C=O) groups is 1. The van der Waals surface area contributed by atoms with E-state index >= 15 is 0 Å². The number of anilines is 1. The molecular weight excluding hydrogens is 468 g/mol. The van der Waals surface area contributed by atoms with Crippen LogP contribution in [-0.4, -0.2) is 43.8 Å². The molecule has 174 valence electrons. The molecule has 4 heterocycles. The Balaban J connectivity index is 1.52. The Morgan fingerprint density at radius 1 is 1.24 bits per heavy atom. The van der Waals surface area contributed by atoms with E-state index in [1.807, 2.05) is 49.4 Å². The van der Waals surface area contributed by atoms with Crippen LogP contribution in [0.1, 0.15) is 29.5 Å². The summed E-state index contributed by atoms with van der Waals surface area (Å²) in [6.07, 6.45) is 5.38. The number of rotatable bonds is 6. The first-order chi connectivity index (χ1) is 16.5. The van der Waals surface area contributed by atoms with Gasteiger partial charge in [-0.1, -0.05) is 60.4 Å². The fourth-order valence-electron chi connectivity index (χ4n) is 4.13. The van der Waals surface area contributed by atoms with Gasteiger partial charge < -0.3 is 10.1 Å². The van der Waals surface area contributed by atoms with Gasteiger partial charge in [0.1, 0.15) is 15.8 Å². The minimum Gasteiger partial charge on any atom is -0.376 e. The highest BCUT2D eigenvalue weighted by molar-refractivity contribution is 8.26. The summed E-state index contributed by atoms with van der Waals surface area (Å²) in [5.41, 5.74) is 2.55. The molecule has 1 unspecified atom stereocenters. The van der Waals surface area contributed by atoms with Crippen molar-refractivity contribution >= 4 is 51.7 Å². The van der Waals surface area contributed by atoms with Gasteiger partial charge in [0, 0.05) is 19.3 Å². The first-order valence-corrected chi connectivity index (χ1v) is 12.4. The summed E-state index contributed by atoms with van der Waals surface area (Å²) in [7, 11) is 0. The van der Waals surface area contributed by atoms with Crippen LogP contribution >= 0.6 is 24.0 Å². The summed E-state index contributed by atoms with van der Waals surface area (Å²) in [5.74, 6) is 0.237. The van der Waals surface area contributed by atoms with Crippen LogP contribution in [0.15, 0.2) is 58.4 Å². The number of ether oxygens (including phenoxy) is 1. The fraction of sp³-hybridized carbons (Fsp3) is 0.280. The highest BCUT2D eigenvalue weighted by atomic mass is 32.2. The molecule has 2 aliphatic rings. The van der Waals surface area contributed by atoms with Crippen molar-refractivity contribution in [2.24, 2.45) is 0 Å². The van der Waals surface area contributed by atoms with Crippen molar-refractivity contribution in [1.29, 1.82) is 0 Å². The zero-order chi connectivity index (χ0) is 23.7. The van der Waals surface area contributed by atoms with Crippen molar-refractivity contribution in [2.45, 2.75) is 32.4 Å². The van der Waals surface area contributed by atoms with Gasteiger partial charge in [-0.05, 0) is 43.0 Å². The number of aromatic nitrogens is 2. The van der Waals surface area contributed by atoms with Crippen LogP contribution in [-0.2, 0) is 16.1 Å². The van der Waals surface area contributed by atoms with Crippen LogP contribution < -0.4 is 10.9 Å². The lowest BCUT2D eigenvalue weighted by molar-refractivity contribution is -0.122. The Morgan fingerprint density at radius 2 is 2.06 bits per heavy atom. The summed E-state index contributed by atoms with van der Waals surface area (Å²) >= 11 is 6.70. The average Bonchev–Trinajstić information content (AvgIpc) is 3.45. The molecule has 2 aromatic heterocycles. The van der Waals surface area contributed by atoms with Gasteiger partial charge in [-0.2, -0.15) is 0 Å². The second kappa shape index (κ2) is 9.69. The van der Waals surface area contributed by atoms with Crippen molar-refractivity contribution in [3.8, 4) is 0 Å². The van der Waals surface area contributed by atoms with Crippen molar-refractivity contribution < 1.29 is 9.53 Å². The average molecular weight is 493 g/mol. The Labute approximate surface area is 206 Å². The summed E-state index contributed by atoms with van der Waals surface area (Å²) in [4.78, 5) is 33.4. The number of nitrogens with zero attached hydrogens (tertiary/aromatic N) is 3. The molecule has 1 N–H and O–H groups in total. The third-order valence-corrected chi connectivity index (χ3v) is 7.32. The number of nitrogens with one attached hydrogen (secondary N) is 1. The van der Waals surface area contributed by atoms with E-state index in [9.17, 15) is 9.59 Å². The molecule has 0 spiro atoms. The Kier molecular flexibility index (Phi) is 6.49. The zero-order valence-electron chi connectivity index (χ0n) is 18.7. The van der Waals surface area contributed by atoms with Gasteiger partial charge in [0.2, 0.25) is 0 Å². The largest absolute Gasteiger partial charge is 0.376 e. The Morgan fingerprint density at radius 3 is 2.82 bits per heavy atom. The number of carbonyl (C=O) groups excluding carboxylic acids is 1. The second-order valence-electron chi connectivity index (χ2n) is 8.33. The van der Waals surface area contributed by atoms with E-state index in [1.54, 1.807) is 17.2 Å². The van der Waals surface area contributed by atoms with Gasteiger partial charge in [0.15, 0.2) is 0 Å². The van der Waals surface area contributed by atoms with Gasteiger partial charge in [-0.3, -0.25) is 18.9 Å². The van der Waals surface area contributed by atoms with E-state index in [-0.39, 0.29) is 17.6 Å². The Bertz CT molecular complexity index is 1350. The van der Waals surface area contributed by atoms with Crippen molar-refractivity contribution in [3.63, 3.8) is 0 Å². The van der Waals surface area contributed by atoms with E-state index in [4.69, 9.17) is 21.9 Å². The van der Waals surface area contributed by atoms with E-state index in [0.29, 0.717) is 39.3 Å². The molecule has 7 nitrogen and oxygen atoms in total. The lowest BCUT2D eigenvalue weighted by Crippen LogP contribution is -2.27. The van der Waals surface area contributed by atoms with Crippen molar-refractivity contribution in [2.75, 3.05) is 18.5 Å². The van der Waals surface area contributed by atoms with Crippen LogP contribution in [0.3, 0.4) is 0 Å². The van der Waals surface area contributed by atoms with E-state index in [0.717, 1.165) is 30.6 Å². The number of pyridine rings is 1. The van der Waals surface area contributed by atoms with Gasteiger partial charge in [0.25, 0.3) is 11.5 Å². The maximum Gasteiger partial charge on any atom is 0.267 e. The van der Waals surface area contributed by atoms with Gasteiger partial charge in [-0.25, -0.2) is 4.98 Å². The van der Waals surface area contributed by atoms with Crippen LogP contribution in [0.4, 0.5) is 5.82 Å². The van der Waals surface area contributed by atoms with Crippen LogP contribution in [0.2, 0.25) is 0 Å². The Hall–Kier alpha value is -3.01. The second-order valence-corrected chi connectivity index (χ2v) is 10.0. The third-order valence-electron chi connectivity index (χ3n) is 5.94. The summed E-state index contributed by atoms with van der Waals surface area (Å²) in [5, 5.41) is 3.31. The molecular formula is C25H24N4O3S2. The molecule has 2 saturated heterocycles. The molecule has 0 saturated carbocycles. The molecule has 0 radical (unpaired) electrons. The zero-order valence-corrected chi connectivity index (χ0v) is 20.3. The molecule has 0 bridgehead atoms. The first kappa shape index (κ1) is 22.8.